The van der Waals surface area contributed by atoms with Crippen LogP contribution >= 0.6 is 0 Å². The molecule has 2 saturated heterocycles. The van der Waals surface area contributed by atoms with E-state index in [1.54, 1.807) is 12.1 Å². The number of rotatable bonds is 3. The van der Waals surface area contributed by atoms with Gasteiger partial charge < -0.3 is 10.2 Å². The van der Waals surface area contributed by atoms with Crippen LogP contribution < -0.4 is 15.1 Å². The molecule has 3 aliphatic rings. The summed E-state index contributed by atoms with van der Waals surface area (Å²) in [6, 6.07) is 20.6. The second kappa shape index (κ2) is 7.66. The summed E-state index contributed by atoms with van der Waals surface area (Å²) in [5.74, 6) is -3.24. The summed E-state index contributed by atoms with van der Waals surface area (Å²) in [5.41, 5.74) is 2.65. The van der Waals surface area contributed by atoms with E-state index in [1.807, 2.05) is 59.5 Å². The Hall–Kier alpha value is -4.26. The first-order valence-corrected chi connectivity index (χ1v) is 11.1. The molecule has 0 aliphatic carbocycles. The summed E-state index contributed by atoms with van der Waals surface area (Å²) in [5, 5.41) is 2.92. The van der Waals surface area contributed by atoms with E-state index >= 15 is 0 Å². The van der Waals surface area contributed by atoms with E-state index in [2.05, 4.69) is 5.32 Å². The molecule has 3 aliphatic heterocycles. The summed E-state index contributed by atoms with van der Waals surface area (Å²) in [4.78, 5) is 43.9. The number of halogens is 1. The van der Waals surface area contributed by atoms with Crippen molar-refractivity contribution in [3.63, 3.8) is 0 Å². The quantitative estimate of drug-likeness (QED) is 0.612. The van der Waals surface area contributed by atoms with E-state index in [-0.39, 0.29) is 11.8 Å². The number of nitrogens with zero attached hydrogens (tertiary/aromatic N) is 2. The molecule has 0 spiro atoms. The van der Waals surface area contributed by atoms with Gasteiger partial charge in [0.05, 0.1) is 23.6 Å². The molecular formula is C27H20FN3O3. The van der Waals surface area contributed by atoms with Crippen molar-refractivity contribution in [2.45, 2.75) is 12.1 Å². The molecule has 0 bridgehead atoms. The largest absolute Gasteiger partial charge is 0.351 e. The van der Waals surface area contributed by atoms with E-state index in [9.17, 15) is 18.8 Å². The third-order valence-corrected chi connectivity index (χ3v) is 6.81. The van der Waals surface area contributed by atoms with Gasteiger partial charge in [-0.1, -0.05) is 48.6 Å². The SMILES string of the molecule is O=C(Nc1ccccc1)[C@H]1[C@H]2C(=O)N(c3ccc(F)cc3)C(=O)[C@@H]2[C@H]2C=Cc3ccccc3N21. The monoisotopic (exact) mass is 453 g/mol. The maximum absolute atomic E-state index is 13.7. The Labute approximate surface area is 195 Å². The van der Waals surface area contributed by atoms with Gasteiger partial charge in [-0.2, -0.15) is 0 Å². The summed E-state index contributed by atoms with van der Waals surface area (Å²) in [6.45, 7) is 0. The fraction of sp³-hybridized carbons (Fsp3) is 0.148. The van der Waals surface area contributed by atoms with Crippen molar-refractivity contribution in [2.75, 3.05) is 15.1 Å². The molecule has 168 valence electrons. The molecule has 0 aromatic heterocycles. The Balaban J connectivity index is 1.44. The molecule has 6 nitrogen and oxygen atoms in total. The molecule has 3 heterocycles. The molecule has 7 heteroatoms. The zero-order valence-electron chi connectivity index (χ0n) is 18.0. The number of fused-ring (bicyclic) bond motifs is 5. The van der Waals surface area contributed by atoms with Crippen LogP contribution in [0.4, 0.5) is 21.5 Å². The molecule has 3 aromatic rings. The number of hydrogen-bond acceptors (Lipinski definition) is 4. The summed E-state index contributed by atoms with van der Waals surface area (Å²) < 4.78 is 13.5. The lowest BCUT2D eigenvalue weighted by molar-refractivity contribution is -0.126. The first-order valence-electron chi connectivity index (χ1n) is 11.1. The molecule has 2 fully saturated rings. The normalized spacial score (nSPS) is 24.6. The number of amides is 3. The van der Waals surface area contributed by atoms with Crippen LogP contribution in [0.2, 0.25) is 0 Å². The lowest BCUT2D eigenvalue weighted by Crippen LogP contribution is -2.50. The minimum absolute atomic E-state index is 0.305. The second-order valence-corrected chi connectivity index (χ2v) is 8.66. The zero-order chi connectivity index (χ0) is 23.4. The van der Waals surface area contributed by atoms with Crippen LogP contribution in [0.15, 0.2) is 84.9 Å². The third kappa shape index (κ3) is 2.97. The average molecular weight is 453 g/mol. The smallest absolute Gasteiger partial charge is 0.247 e. The third-order valence-electron chi connectivity index (χ3n) is 6.81. The Kier molecular flexibility index (Phi) is 4.58. The molecule has 0 unspecified atom stereocenters. The van der Waals surface area contributed by atoms with E-state index in [4.69, 9.17) is 0 Å². The molecule has 4 atom stereocenters. The fourth-order valence-corrected chi connectivity index (χ4v) is 5.40. The predicted molar refractivity (Wildman–Crippen MR) is 126 cm³/mol. The van der Waals surface area contributed by atoms with E-state index in [0.717, 1.165) is 16.2 Å². The molecule has 6 rings (SSSR count). The zero-order valence-corrected chi connectivity index (χ0v) is 18.0. The van der Waals surface area contributed by atoms with Gasteiger partial charge in [0.1, 0.15) is 11.9 Å². The first kappa shape index (κ1) is 20.4. The molecule has 3 aromatic carbocycles. The van der Waals surface area contributed by atoms with Gasteiger partial charge in [0.2, 0.25) is 17.7 Å². The maximum Gasteiger partial charge on any atom is 0.247 e. The van der Waals surface area contributed by atoms with Crippen LogP contribution in [0.3, 0.4) is 0 Å². The summed E-state index contributed by atoms with van der Waals surface area (Å²) in [6.07, 6.45) is 3.83. The topological polar surface area (TPSA) is 69.7 Å². The molecule has 0 radical (unpaired) electrons. The summed E-state index contributed by atoms with van der Waals surface area (Å²) >= 11 is 0. The van der Waals surface area contributed by atoms with Crippen LogP contribution in [0.1, 0.15) is 5.56 Å². The Morgan fingerprint density at radius 1 is 0.824 bits per heavy atom. The van der Waals surface area contributed by atoms with E-state index in [1.165, 1.54) is 24.3 Å². The average Bonchev–Trinajstić information content (AvgIpc) is 3.33. The van der Waals surface area contributed by atoms with Gasteiger partial charge in [-0.3, -0.25) is 14.4 Å². The number of nitrogens with one attached hydrogen (secondary N) is 1. The molecule has 3 amide bonds. The lowest BCUT2D eigenvalue weighted by atomic mass is 9.88. The van der Waals surface area contributed by atoms with Crippen molar-refractivity contribution in [1.82, 2.24) is 0 Å². The van der Waals surface area contributed by atoms with Crippen LogP contribution in [-0.2, 0) is 14.4 Å². The standard InChI is InChI=1S/C27H20FN3O3/c28-17-11-13-19(14-12-17)30-26(33)22-21-15-10-16-6-4-5-9-20(16)31(21)24(23(22)27(30)34)25(32)29-18-7-2-1-3-8-18/h1-15,21-24H,(H,29,32)/t21-,22-,23+,24-/m1/s1. The van der Waals surface area contributed by atoms with Crippen molar-refractivity contribution in [2.24, 2.45) is 11.8 Å². The Morgan fingerprint density at radius 2 is 1.50 bits per heavy atom. The highest BCUT2D eigenvalue weighted by Gasteiger charge is 2.64. The first-order chi connectivity index (χ1) is 16.5. The van der Waals surface area contributed by atoms with Crippen LogP contribution in [0, 0.1) is 17.7 Å². The number of carbonyl (C=O) groups excluding carboxylic acids is 3. The van der Waals surface area contributed by atoms with Crippen molar-refractivity contribution in [3.05, 3.63) is 96.3 Å². The van der Waals surface area contributed by atoms with E-state index < -0.39 is 35.6 Å². The van der Waals surface area contributed by atoms with Gasteiger partial charge in [0.15, 0.2) is 0 Å². The maximum atomic E-state index is 13.7. The number of anilines is 3. The van der Waals surface area contributed by atoms with Gasteiger partial charge >= 0.3 is 0 Å². The Bertz CT molecular complexity index is 1340. The number of hydrogen-bond donors (Lipinski definition) is 1. The number of para-hydroxylation sites is 2. The van der Waals surface area contributed by atoms with E-state index in [0.29, 0.717) is 11.4 Å². The highest BCUT2D eigenvalue weighted by atomic mass is 19.1. The number of imide groups is 1. The van der Waals surface area contributed by atoms with Crippen LogP contribution in [0.5, 0.6) is 0 Å². The fourth-order valence-electron chi connectivity index (χ4n) is 5.40. The van der Waals surface area contributed by atoms with Crippen molar-refractivity contribution in [3.8, 4) is 0 Å². The lowest BCUT2D eigenvalue weighted by Gasteiger charge is -2.36. The van der Waals surface area contributed by atoms with Gasteiger partial charge in [0, 0.05) is 11.4 Å². The van der Waals surface area contributed by atoms with Crippen LogP contribution in [0.25, 0.3) is 6.08 Å². The molecule has 1 N–H and O–H groups in total. The highest BCUT2D eigenvalue weighted by Crippen LogP contribution is 2.49. The van der Waals surface area contributed by atoms with Gasteiger partial charge in [-0.25, -0.2) is 9.29 Å². The Morgan fingerprint density at radius 3 is 2.26 bits per heavy atom. The van der Waals surface area contributed by atoms with Gasteiger partial charge in [-0.15, -0.1) is 0 Å². The molecule has 0 saturated carbocycles. The van der Waals surface area contributed by atoms with Crippen LogP contribution in [-0.4, -0.2) is 29.8 Å². The highest BCUT2D eigenvalue weighted by molar-refractivity contribution is 6.25. The predicted octanol–water partition coefficient (Wildman–Crippen LogP) is 3.85. The number of benzene rings is 3. The second-order valence-electron chi connectivity index (χ2n) is 8.66. The van der Waals surface area contributed by atoms with Crippen molar-refractivity contribution in [1.29, 1.82) is 0 Å². The number of carbonyl (C=O) groups is 3. The van der Waals surface area contributed by atoms with Gasteiger partial charge in [0.25, 0.3) is 0 Å². The van der Waals surface area contributed by atoms with Gasteiger partial charge in [-0.05, 0) is 48.0 Å². The minimum atomic E-state index is -0.886. The molecule has 34 heavy (non-hydrogen) atoms. The van der Waals surface area contributed by atoms with Crippen molar-refractivity contribution < 1.29 is 18.8 Å². The molecular weight excluding hydrogens is 433 g/mol. The summed E-state index contributed by atoms with van der Waals surface area (Å²) in [7, 11) is 0. The minimum Gasteiger partial charge on any atom is -0.351 e. The van der Waals surface area contributed by atoms with Crippen molar-refractivity contribution >= 4 is 40.9 Å².